The number of rotatable bonds is 1. The van der Waals surface area contributed by atoms with Crippen LogP contribution in [0.5, 0.6) is 0 Å². The molecule has 0 radical (unpaired) electrons. The first-order chi connectivity index (χ1) is 6.26. The summed E-state index contributed by atoms with van der Waals surface area (Å²) in [5.74, 6) is 0. The van der Waals surface area contributed by atoms with E-state index in [9.17, 15) is 13.2 Å². The van der Waals surface area contributed by atoms with Gasteiger partial charge in [-0.25, -0.2) is 0 Å². The van der Waals surface area contributed by atoms with Crippen molar-refractivity contribution in [1.29, 1.82) is 0 Å². The quantitative estimate of drug-likeness (QED) is 0.682. The Morgan fingerprint density at radius 3 is 2.43 bits per heavy atom. The molecule has 0 spiro atoms. The van der Waals surface area contributed by atoms with E-state index in [1.807, 2.05) is 0 Å². The zero-order valence-electron chi connectivity index (χ0n) is 7.48. The van der Waals surface area contributed by atoms with E-state index in [4.69, 9.17) is 16.7 Å². The minimum absolute atomic E-state index is 0.339. The molecular formula is C9H10ClF3O. The summed E-state index contributed by atoms with van der Waals surface area (Å²) in [5.41, 5.74) is 0.463. The Labute approximate surface area is 84.9 Å². The van der Waals surface area contributed by atoms with Gasteiger partial charge in [-0.15, -0.1) is 11.6 Å². The Kier molecular flexibility index (Phi) is 2.97. The second-order valence-electron chi connectivity index (χ2n) is 3.28. The van der Waals surface area contributed by atoms with Crippen LogP contribution in [0.25, 0.3) is 0 Å². The Bertz CT molecular complexity index is 280. The molecule has 1 nitrogen and oxygen atoms in total. The zero-order valence-corrected chi connectivity index (χ0v) is 8.23. The lowest BCUT2D eigenvalue weighted by Crippen LogP contribution is -2.38. The molecule has 0 aromatic heterocycles. The van der Waals surface area contributed by atoms with E-state index in [0.29, 0.717) is 5.57 Å². The molecule has 2 atom stereocenters. The summed E-state index contributed by atoms with van der Waals surface area (Å²) in [7, 11) is 0. The van der Waals surface area contributed by atoms with Crippen molar-refractivity contribution in [2.45, 2.75) is 30.5 Å². The van der Waals surface area contributed by atoms with Gasteiger partial charge in [-0.05, 0) is 18.9 Å². The van der Waals surface area contributed by atoms with Crippen LogP contribution < -0.4 is 0 Å². The van der Waals surface area contributed by atoms with E-state index in [1.54, 1.807) is 0 Å². The number of halogens is 4. The second-order valence-corrected chi connectivity index (χ2v) is 3.95. The number of hydrogen-bond donors (Lipinski definition) is 1. The number of allylic oxidation sites excluding steroid dienone is 2. The second kappa shape index (κ2) is 3.59. The third-order valence-electron chi connectivity index (χ3n) is 2.13. The van der Waals surface area contributed by atoms with Gasteiger partial charge in [0.2, 0.25) is 0 Å². The van der Waals surface area contributed by atoms with Gasteiger partial charge in [-0.2, -0.15) is 13.2 Å². The highest BCUT2D eigenvalue weighted by Crippen LogP contribution is 2.42. The molecule has 0 saturated carbocycles. The standard InChI is InChI=1S/C9H10ClF3O/c1-6(14)7-2-4-8(10,5-3-7)9(11,12)13/h2-4,6,14H,5H2,1H3. The number of alkyl halides is 4. The van der Waals surface area contributed by atoms with Crippen LogP contribution in [0.3, 0.4) is 0 Å². The fourth-order valence-corrected chi connectivity index (χ4v) is 1.29. The van der Waals surface area contributed by atoms with E-state index in [0.717, 1.165) is 6.08 Å². The first kappa shape index (κ1) is 11.6. The van der Waals surface area contributed by atoms with Crippen molar-refractivity contribution in [2.24, 2.45) is 0 Å². The molecule has 0 saturated heterocycles. The predicted molar refractivity (Wildman–Crippen MR) is 48.2 cm³/mol. The van der Waals surface area contributed by atoms with Crippen molar-refractivity contribution >= 4 is 11.6 Å². The third-order valence-corrected chi connectivity index (χ3v) is 2.62. The van der Waals surface area contributed by atoms with Crippen molar-refractivity contribution in [3.05, 3.63) is 23.8 Å². The molecule has 0 aliphatic heterocycles. The third kappa shape index (κ3) is 2.12. The van der Waals surface area contributed by atoms with Crippen LogP contribution in [-0.2, 0) is 0 Å². The maximum absolute atomic E-state index is 12.4. The summed E-state index contributed by atoms with van der Waals surface area (Å²) >= 11 is 5.38. The molecule has 0 aromatic rings. The fourth-order valence-electron chi connectivity index (χ4n) is 1.15. The van der Waals surface area contributed by atoms with Crippen LogP contribution in [0.4, 0.5) is 13.2 Å². The molecule has 14 heavy (non-hydrogen) atoms. The Hall–Kier alpha value is -0.480. The van der Waals surface area contributed by atoms with Gasteiger partial charge in [0.15, 0.2) is 4.87 Å². The minimum atomic E-state index is -4.47. The minimum Gasteiger partial charge on any atom is -0.389 e. The van der Waals surface area contributed by atoms with Crippen molar-refractivity contribution in [3.63, 3.8) is 0 Å². The average Bonchev–Trinajstić information content (AvgIpc) is 2.03. The smallest absolute Gasteiger partial charge is 0.389 e. The molecule has 0 heterocycles. The van der Waals surface area contributed by atoms with Crippen molar-refractivity contribution in [3.8, 4) is 0 Å². The molecule has 1 aliphatic carbocycles. The molecule has 1 rings (SSSR count). The van der Waals surface area contributed by atoms with E-state index >= 15 is 0 Å². The fraction of sp³-hybridized carbons (Fsp3) is 0.556. The predicted octanol–water partition coefficient (Wildman–Crippen LogP) is 2.79. The highest BCUT2D eigenvalue weighted by atomic mass is 35.5. The van der Waals surface area contributed by atoms with Gasteiger partial charge in [0.1, 0.15) is 0 Å². The number of aliphatic hydroxyl groups excluding tert-OH is 1. The first-order valence-electron chi connectivity index (χ1n) is 4.09. The summed E-state index contributed by atoms with van der Waals surface area (Å²) in [4.78, 5) is -2.31. The highest BCUT2D eigenvalue weighted by molar-refractivity contribution is 6.26. The zero-order chi connectivity index (χ0) is 11.0. The van der Waals surface area contributed by atoms with Gasteiger partial charge in [-0.3, -0.25) is 0 Å². The van der Waals surface area contributed by atoms with Gasteiger partial charge < -0.3 is 5.11 Å². The van der Waals surface area contributed by atoms with Gasteiger partial charge in [0.25, 0.3) is 0 Å². The molecule has 0 fully saturated rings. The SMILES string of the molecule is CC(O)C1=CCC(Cl)(C(F)(F)F)C=C1. The van der Waals surface area contributed by atoms with Crippen LogP contribution in [0, 0.1) is 0 Å². The topological polar surface area (TPSA) is 20.2 Å². The molecule has 1 aliphatic rings. The van der Waals surface area contributed by atoms with Crippen LogP contribution in [0.1, 0.15) is 13.3 Å². The van der Waals surface area contributed by atoms with E-state index < -0.39 is 17.2 Å². The lowest BCUT2D eigenvalue weighted by molar-refractivity contribution is -0.149. The van der Waals surface area contributed by atoms with Gasteiger partial charge >= 0.3 is 6.18 Å². The van der Waals surface area contributed by atoms with Gasteiger partial charge in [0, 0.05) is 0 Å². The summed E-state index contributed by atoms with van der Waals surface area (Å²) in [6, 6.07) is 0. The molecule has 0 bridgehead atoms. The van der Waals surface area contributed by atoms with Crippen LogP contribution >= 0.6 is 11.6 Å². The summed E-state index contributed by atoms with van der Waals surface area (Å²) < 4.78 is 37.1. The monoisotopic (exact) mass is 226 g/mol. The maximum atomic E-state index is 12.4. The largest absolute Gasteiger partial charge is 0.411 e. The summed E-state index contributed by atoms with van der Waals surface area (Å²) in [5, 5.41) is 9.11. The normalized spacial score (nSPS) is 30.0. The first-order valence-corrected chi connectivity index (χ1v) is 4.47. The Morgan fingerprint density at radius 2 is 2.14 bits per heavy atom. The Balaban J connectivity index is 2.83. The van der Waals surface area contributed by atoms with Crippen molar-refractivity contribution in [1.82, 2.24) is 0 Å². The van der Waals surface area contributed by atoms with E-state index in [-0.39, 0.29) is 6.42 Å². The highest BCUT2D eigenvalue weighted by Gasteiger charge is 2.51. The molecule has 0 aromatic carbocycles. The Morgan fingerprint density at radius 1 is 1.57 bits per heavy atom. The van der Waals surface area contributed by atoms with E-state index in [2.05, 4.69) is 0 Å². The van der Waals surface area contributed by atoms with Crippen LogP contribution in [0.15, 0.2) is 23.8 Å². The number of hydrogen-bond acceptors (Lipinski definition) is 1. The molecule has 5 heteroatoms. The van der Waals surface area contributed by atoms with Crippen molar-refractivity contribution < 1.29 is 18.3 Å². The van der Waals surface area contributed by atoms with Gasteiger partial charge in [-0.1, -0.05) is 18.2 Å². The molecule has 0 amide bonds. The lowest BCUT2D eigenvalue weighted by atomic mass is 9.93. The molecular weight excluding hydrogens is 217 g/mol. The lowest BCUT2D eigenvalue weighted by Gasteiger charge is -2.28. The number of aliphatic hydroxyl groups is 1. The maximum Gasteiger partial charge on any atom is 0.411 e. The van der Waals surface area contributed by atoms with Crippen LogP contribution in [-0.4, -0.2) is 22.3 Å². The van der Waals surface area contributed by atoms with Gasteiger partial charge in [0.05, 0.1) is 6.10 Å². The molecule has 1 N–H and O–H groups in total. The van der Waals surface area contributed by atoms with Crippen LogP contribution in [0.2, 0.25) is 0 Å². The van der Waals surface area contributed by atoms with E-state index in [1.165, 1.54) is 19.1 Å². The van der Waals surface area contributed by atoms with Crippen molar-refractivity contribution in [2.75, 3.05) is 0 Å². The molecule has 80 valence electrons. The summed E-state index contributed by atoms with van der Waals surface area (Å²) in [6.07, 6.45) is -2.16. The molecule has 2 unspecified atom stereocenters. The summed E-state index contributed by atoms with van der Waals surface area (Å²) in [6.45, 7) is 1.49. The average molecular weight is 227 g/mol.